The summed E-state index contributed by atoms with van der Waals surface area (Å²) in [6.07, 6.45) is 0.357. The van der Waals surface area contributed by atoms with Crippen LogP contribution in [0.1, 0.15) is 28.4 Å². The third kappa shape index (κ3) is 5.50. The van der Waals surface area contributed by atoms with Crippen LogP contribution in [0.3, 0.4) is 0 Å². The number of aryl methyl sites for hydroxylation is 2. The minimum Gasteiger partial charge on any atom is -0.449 e. The van der Waals surface area contributed by atoms with Gasteiger partial charge < -0.3 is 15.4 Å². The first-order valence-electron chi connectivity index (χ1n) is 9.53. The summed E-state index contributed by atoms with van der Waals surface area (Å²) in [5.74, 6) is -1.61. The van der Waals surface area contributed by atoms with Gasteiger partial charge in [-0.25, -0.2) is 9.48 Å². The van der Waals surface area contributed by atoms with Crippen LogP contribution in [0.15, 0.2) is 48.8 Å². The van der Waals surface area contributed by atoms with Crippen LogP contribution in [-0.2, 0) is 14.3 Å². The normalized spacial score (nSPS) is 11.5. The lowest BCUT2D eigenvalue weighted by atomic mass is 10.1. The van der Waals surface area contributed by atoms with E-state index in [-0.39, 0.29) is 18.0 Å². The molecule has 2 aromatic carbocycles. The highest BCUT2D eigenvalue weighted by molar-refractivity contribution is 5.97. The minimum atomic E-state index is -1.07. The summed E-state index contributed by atoms with van der Waals surface area (Å²) in [6.45, 7) is 4.97. The van der Waals surface area contributed by atoms with Crippen LogP contribution in [0.25, 0.3) is 5.69 Å². The van der Waals surface area contributed by atoms with E-state index >= 15 is 0 Å². The Kier molecular flexibility index (Phi) is 6.71. The van der Waals surface area contributed by atoms with Crippen LogP contribution in [0.2, 0.25) is 0 Å². The number of nitrogens with zero attached hydrogens (tertiary/aromatic N) is 4. The third-order valence-electron chi connectivity index (χ3n) is 4.54. The second-order valence-corrected chi connectivity index (χ2v) is 6.88. The second-order valence-electron chi connectivity index (χ2n) is 6.88. The Labute approximate surface area is 178 Å². The topological polar surface area (TPSA) is 128 Å². The zero-order valence-corrected chi connectivity index (χ0v) is 17.3. The number of hydrogen-bond donors (Lipinski definition) is 2. The van der Waals surface area contributed by atoms with E-state index < -0.39 is 18.0 Å². The first kappa shape index (κ1) is 21.6. The Morgan fingerprint density at radius 3 is 2.35 bits per heavy atom. The lowest BCUT2D eigenvalue weighted by Gasteiger charge is -2.15. The Morgan fingerprint density at radius 1 is 1.06 bits per heavy atom. The molecule has 0 saturated carbocycles. The number of hydrogen-bond acceptors (Lipinski definition) is 7. The van der Waals surface area contributed by atoms with Crippen LogP contribution in [-0.4, -0.2) is 50.6 Å². The molecule has 0 saturated heterocycles. The van der Waals surface area contributed by atoms with E-state index in [1.54, 1.807) is 24.3 Å². The van der Waals surface area contributed by atoms with Crippen LogP contribution < -0.4 is 10.6 Å². The molecule has 0 fully saturated rings. The Morgan fingerprint density at radius 2 is 1.74 bits per heavy atom. The molecule has 2 N–H and O–H groups in total. The number of aromatic nitrogens is 4. The van der Waals surface area contributed by atoms with Crippen molar-refractivity contribution in [1.82, 2.24) is 25.5 Å². The number of carbonyl (C=O) groups is 3. The maximum atomic E-state index is 12.3. The summed E-state index contributed by atoms with van der Waals surface area (Å²) >= 11 is 0. The monoisotopic (exact) mass is 422 g/mol. The van der Waals surface area contributed by atoms with Gasteiger partial charge in [-0.1, -0.05) is 18.2 Å². The van der Waals surface area contributed by atoms with Gasteiger partial charge in [0, 0.05) is 5.69 Å². The SMILES string of the molecule is Cc1cccc(C)c1NC(=O)CNC(=O)[C@@H](C)OC(=O)c1ccc(-n2cnnn2)cc1. The smallest absolute Gasteiger partial charge is 0.338 e. The summed E-state index contributed by atoms with van der Waals surface area (Å²) in [7, 11) is 0. The summed E-state index contributed by atoms with van der Waals surface area (Å²) in [6, 6.07) is 12.1. The summed E-state index contributed by atoms with van der Waals surface area (Å²) in [4.78, 5) is 36.7. The Bertz CT molecular complexity index is 1060. The van der Waals surface area contributed by atoms with Gasteiger partial charge in [0.15, 0.2) is 6.10 Å². The largest absolute Gasteiger partial charge is 0.449 e. The number of esters is 1. The third-order valence-corrected chi connectivity index (χ3v) is 4.54. The van der Waals surface area contributed by atoms with Crippen molar-refractivity contribution in [2.24, 2.45) is 0 Å². The Hall–Kier alpha value is -4.08. The number of rotatable bonds is 7. The molecule has 31 heavy (non-hydrogen) atoms. The highest BCUT2D eigenvalue weighted by atomic mass is 16.5. The number of nitrogens with one attached hydrogen (secondary N) is 2. The van der Waals surface area contributed by atoms with Crippen molar-refractivity contribution in [3.8, 4) is 5.69 Å². The molecular formula is C21H22N6O4. The molecule has 0 aliphatic heterocycles. The van der Waals surface area contributed by atoms with Gasteiger partial charge >= 0.3 is 5.97 Å². The van der Waals surface area contributed by atoms with E-state index in [9.17, 15) is 14.4 Å². The van der Waals surface area contributed by atoms with E-state index in [1.165, 1.54) is 17.9 Å². The van der Waals surface area contributed by atoms with Gasteiger partial charge in [0.05, 0.1) is 17.8 Å². The van der Waals surface area contributed by atoms with E-state index in [0.29, 0.717) is 11.4 Å². The molecule has 1 atom stereocenters. The molecule has 1 heterocycles. The predicted molar refractivity (Wildman–Crippen MR) is 112 cm³/mol. The van der Waals surface area contributed by atoms with Gasteiger partial charge in [0.1, 0.15) is 6.33 Å². The van der Waals surface area contributed by atoms with Crippen LogP contribution in [0, 0.1) is 13.8 Å². The number of para-hydroxylation sites is 1. The Balaban J connectivity index is 1.49. The van der Waals surface area contributed by atoms with E-state index in [0.717, 1.165) is 11.1 Å². The molecular weight excluding hydrogens is 400 g/mol. The van der Waals surface area contributed by atoms with Gasteiger partial charge in [-0.05, 0) is 66.6 Å². The van der Waals surface area contributed by atoms with Crippen LogP contribution >= 0.6 is 0 Å². The molecule has 0 bridgehead atoms. The predicted octanol–water partition coefficient (Wildman–Crippen LogP) is 1.58. The number of benzene rings is 2. The van der Waals surface area contributed by atoms with Crippen molar-refractivity contribution in [2.45, 2.75) is 26.9 Å². The lowest BCUT2D eigenvalue weighted by Crippen LogP contribution is -2.40. The van der Waals surface area contributed by atoms with Gasteiger partial charge in [-0.15, -0.1) is 5.10 Å². The molecule has 1 aromatic heterocycles. The van der Waals surface area contributed by atoms with Crippen LogP contribution in [0.5, 0.6) is 0 Å². The molecule has 2 amide bonds. The lowest BCUT2D eigenvalue weighted by molar-refractivity contribution is -0.130. The van der Waals surface area contributed by atoms with Gasteiger partial charge in [-0.2, -0.15) is 0 Å². The molecule has 0 aliphatic carbocycles. The summed E-state index contributed by atoms with van der Waals surface area (Å²) < 4.78 is 6.63. The van der Waals surface area contributed by atoms with Crippen molar-refractivity contribution in [2.75, 3.05) is 11.9 Å². The van der Waals surface area contributed by atoms with Gasteiger partial charge in [-0.3, -0.25) is 9.59 Å². The van der Waals surface area contributed by atoms with Crippen molar-refractivity contribution in [3.05, 3.63) is 65.5 Å². The highest BCUT2D eigenvalue weighted by Gasteiger charge is 2.20. The molecule has 3 aromatic rings. The van der Waals surface area contributed by atoms with Gasteiger partial charge in [0.25, 0.3) is 5.91 Å². The molecule has 0 spiro atoms. The molecule has 0 aliphatic rings. The second kappa shape index (κ2) is 9.61. The van der Waals surface area contributed by atoms with Crippen molar-refractivity contribution >= 4 is 23.5 Å². The van der Waals surface area contributed by atoms with E-state index in [2.05, 4.69) is 26.2 Å². The minimum absolute atomic E-state index is 0.241. The fourth-order valence-electron chi connectivity index (χ4n) is 2.82. The summed E-state index contributed by atoms with van der Waals surface area (Å²) in [5.41, 5.74) is 3.50. The number of amides is 2. The van der Waals surface area contributed by atoms with Crippen molar-refractivity contribution in [1.29, 1.82) is 0 Å². The van der Waals surface area contributed by atoms with Crippen LogP contribution in [0.4, 0.5) is 5.69 Å². The molecule has 3 rings (SSSR count). The average molecular weight is 422 g/mol. The first-order valence-corrected chi connectivity index (χ1v) is 9.53. The average Bonchev–Trinajstić information content (AvgIpc) is 3.29. The quantitative estimate of drug-likeness (QED) is 0.553. The maximum Gasteiger partial charge on any atom is 0.338 e. The fraction of sp³-hybridized carbons (Fsp3) is 0.238. The first-order chi connectivity index (χ1) is 14.8. The number of anilines is 1. The van der Waals surface area contributed by atoms with Crippen molar-refractivity contribution < 1.29 is 19.1 Å². The zero-order valence-electron chi connectivity index (χ0n) is 17.3. The van der Waals surface area contributed by atoms with Crippen molar-refractivity contribution in [3.63, 3.8) is 0 Å². The number of tetrazole rings is 1. The standard InChI is InChI=1S/C21H22N6O4/c1-13-5-4-6-14(2)19(13)24-18(28)11-22-20(29)15(3)31-21(30)16-7-9-17(10-8-16)27-12-23-25-26-27/h4-10,12,15H,11H2,1-3H3,(H,22,29)(H,24,28)/t15-/m1/s1. The molecule has 10 heteroatoms. The van der Waals surface area contributed by atoms with Gasteiger partial charge in [0.2, 0.25) is 5.91 Å². The van der Waals surface area contributed by atoms with E-state index in [4.69, 9.17) is 4.74 Å². The molecule has 0 unspecified atom stereocenters. The zero-order chi connectivity index (χ0) is 22.4. The summed E-state index contributed by atoms with van der Waals surface area (Å²) in [5, 5.41) is 16.1. The molecule has 160 valence electrons. The fourth-order valence-corrected chi connectivity index (χ4v) is 2.82. The van der Waals surface area contributed by atoms with E-state index in [1.807, 2.05) is 32.0 Å². The number of carbonyl (C=O) groups excluding carboxylic acids is 3. The maximum absolute atomic E-state index is 12.3. The highest BCUT2D eigenvalue weighted by Crippen LogP contribution is 2.19. The number of ether oxygens (including phenoxy) is 1. The molecule has 10 nitrogen and oxygen atoms in total. The molecule has 0 radical (unpaired) electrons.